The van der Waals surface area contributed by atoms with Crippen LogP contribution in [0, 0.1) is 0 Å². The number of aliphatic carboxylic acids is 1. The van der Waals surface area contributed by atoms with Crippen molar-refractivity contribution < 1.29 is 19.4 Å². The Hall–Kier alpha value is -1.10. The van der Waals surface area contributed by atoms with E-state index in [1.807, 2.05) is 0 Å². The van der Waals surface area contributed by atoms with Crippen molar-refractivity contribution in [1.82, 2.24) is 5.32 Å². The fraction of sp³-hybridized carbons (Fsp3) is 0.667. The van der Waals surface area contributed by atoms with Crippen LogP contribution in [0.15, 0.2) is 0 Å². The van der Waals surface area contributed by atoms with Crippen LogP contribution in [0.5, 0.6) is 0 Å². The number of hydrogen-bond donors (Lipinski definition) is 2. The molecule has 11 heavy (non-hydrogen) atoms. The lowest BCUT2D eigenvalue weighted by Gasteiger charge is -2.08. The van der Waals surface area contributed by atoms with Crippen LogP contribution in [0.2, 0.25) is 0 Å². The third-order valence-electron chi connectivity index (χ3n) is 1.06. The summed E-state index contributed by atoms with van der Waals surface area (Å²) >= 11 is 0. The largest absolute Gasteiger partial charge is 0.480 e. The highest BCUT2D eigenvalue weighted by Gasteiger charge is 2.24. The van der Waals surface area contributed by atoms with Gasteiger partial charge in [0.2, 0.25) is 6.04 Å². The number of carbonyl (C=O) groups excluding carboxylic acids is 1. The Balaban J connectivity index is 4.03. The van der Waals surface area contributed by atoms with Gasteiger partial charge in [-0.1, -0.05) is 0 Å². The average molecular weight is 161 g/mol. The minimum absolute atomic E-state index is 0.185. The van der Waals surface area contributed by atoms with Gasteiger partial charge in [0.1, 0.15) is 0 Å². The molecule has 0 aromatic heterocycles. The van der Waals surface area contributed by atoms with E-state index >= 15 is 0 Å². The zero-order valence-corrected chi connectivity index (χ0v) is 6.46. The van der Waals surface area contributed by atoms with E-state index in [1.54, 1.807) is 6.92 Å². The first kappa shape index (κ1) is 9.90. The summed E-state index contributed by atoms with van der Waals surface area (Å²) in [6.07, 6.45) is 0. The minimum Gasteiger partial charge on any atom is -0.480 e. The number of carboxylic acids is 1. The van der Waals surface area contributed by atoms with Gasteiger partial charge < -0.3 is 9.84 Å². The summed E-state index contributed by atoms with van der Waals surface area (Å²) in [5, 5.41) is 10.7. The molecule has 0 saturated heterocycles. The Morgan fingerprint density at radius 3 is 2.45 bits per heavy atom. The summed E-state index contributed by atoms with van der Waals surface area (Å²) in [5.41, 5.74) is 0. The van der Waals surface area contributed by atoms with E-state index in [9.17, 15) is 9.59 Å². The van der Waals surface area contributed by atoms with E-state index < -0.39 is 18.0 Å². The average Bonchev–Trinajstić information content (AvgIpc) is 1.88. The SMILES string of the molecule is CCOC(=O)C(NC)C(=O)O. The Labute approximate surface area is 64.3 Å². The van der Waals surface area contributed by atoms with Gasteiger partial charge in [-0.2, -0.15) is 0 Å². The van der Waals surface area contributed by atoms with Crippen LogP contribution in [-0.2, 0) is 14.3 Å². The molecule has 1 unspecified atom stereocenters. The van der Waals surface area contributed by atoms with Crippen molar-refractivity contribution in [2.45, 2.75) is 13.0 Å². The summed E-state index contributed by atoms with van der Waals surface area (Å²) < 4.78 is 4.47. The third-order valence-corrected chi connectivity index (χ3v) is 1.06. The third kappa shape index (κ3) is 2.99. The Kier molecular flexibility index (Phi) is 4.21. The molecule has 0 amide bonds. The zero-order valence-electron chi connectivity index (χ0n) is 6.46. The summed E-state index contributed by atoms with van der Waals surface area (Å²) in [6.45, 7) is 1.80. The lowest BCUT2D eigenvalue weighted by atomic mass is 10.3. The standard InChI is InChI=1S/C6H11NO4/c1-3-11-6(10)4(7-2)5(8)9/h4,7H,3H2,1-2H3,(H,8,9). The fourth-order valence-corrected chi connectivity index (χ4v) is 0.568. The maximum atomic E-state index is 10.8. The van der Waals surface area contributed by atoms with Crippen LogP contribution in [0.4, 0.5) is 0 Å². The van der Waals surface area contributed by atoms with E-state index in [1.165, 1.54) is 7.05 Å². The van der Waals surface area contributed by atoms with Gasteiger partial charge in [-0.15, -0.1) is 0 Å². The molecule has 1 atom stereocenters. The topological polar surface area (TPSA) is 75.6 Å². The molecule has 0 saturated carbocycles. The second-order valence-electron chi connectivity index (χ2n) is 1.81. The van der Waals surface area contributed by atoms with Gasteiger partial charge in [-0.05, 0) is 14.0 Å². The first-order chi connectivity index (χ1) is 5.13. The minimum atomic E-state index is -1.25. The molecule has 0 fully saturated rings. The molecular formula is C6H11NO4. The van der Waals surface area contributed by atoms with Gasteiger partial charge in [0.15, 0.2) is 0 Å². The van der Waals surface area contributed by atoms with E-state index in [4.69, 9.17) is 5.11 Å². The van der Waals surface area contributed by atoms with Crippen molar-refractivity contribution >= 4 is 11.9 Å². The number of nitrogens with one attached hydrogen (secondary N) is 1. The molecule has 0 aliphatic heterocycles. The molecule has 0 aliphatic carbocycles. The Morgan fingerprint density at radius 2 is 2.18 bits per heavy atom. The van der Waals surface area contributed by atoms with Crippen LogP contribution in [0.1, 0.15) is 6.92 Å². The Morgan fingerprint density at radius 1 is 1.64 bits per heavy atom. The molecule has 5 nitrogen and oxygen atoms in total. The highest BCUT2D eigenvalue weighted by molar-refractivity contribution is 5.98. The molecule has 0 heterocycles. The van der Waals surface area contributed by atoms with Crippen molar-refractivity contribution in [2.24, 2.45) is 0 Å². The molecule has 0 aromatic carbocycles. The van der Waals surface area contributed by atoms with Gasteiger partial charge in [-0.3, -0.25) is 5.32 Å². The summed E-state index contributed by atoms with van der Waals surface area (Å²) in [4.78, 5) is 21.0. The number of likely N-dealkylation sites (N-methyl/N-ethyl adjacent to an activating group) is 1. The molecular weight excluding hydrogens is 150 g/mol. The molecule has 5 heteroatoms. The normalized spacial score (nSPS) is 12.2. The lowest BCUT2D eigenvalue weighted by molar-refractivity contribution is -0.154. The number of hydrogen-bond acceptors (Lipinski definition) is 4. The highest BCUT2D eigenvalue weighted by atomic mass is 16.5. The van der Waals surface area contributed by atoms with Gasteiger partial charge in [-0.25, -0.2) is 9.59 Å². The van der Waals surface area contributed by atoms with Crippen LogP contribution in [0.25, 0.3) is 0 Å². The maximum Gasteiger partial charge on any atom is 0.334 e. The number of ether oxygens (including phenoxy) is 1. The van der Waals surface area contributed by atoms with E-state index in [-0.39, 0.29) is 6.61 Å². The second kappa shape index (κ2) is 4.68. The molecule has 0 aromatic rings. The lowest BCUT2D eigenvalue weighted by Crippen LogP contribution is -2.42. The van der Waals surface area contributed by atoms with Crippen molar-refractivity contribution in [2.75, 3.05) is 13.7 Å². The van der Waals surface area contributed by atoms with Crippen LogP contribution >= 0.6 is 0 Å². The van der Waals surface area contributed by atoms with Crippen molar-refractivity contribution in [1.29, 1.82) is 0 Å². The van der Waals surface area contributed by atoms with Crippen molar-refractivity contribution in [3.63, 3.8) is 0 Å². The molecule has 0 spiro atoms. The summed E-state index contributed by atoms with van der Waals surface area (Å²) in [6, 6.07) is -1.25. The van der Waals surface area contributed by atoms with Crippen LogP contribution < -0.4 is 5.32 Å². The van der Waals surface area contributed by atoms with Crippen molar-refractivity contribution in [3.05, 3.63) is 0 Å². The highest BCUT2D eigenvalue weighted by Crippen LogP contribution is 1.87. The number of rotatable bonds is 4. The zero-order chi connectivity index (χ0) is 8.85. The molecule has 2 N–H and O–H groups in total. The van der Waals surface area contributed by atoms with Gasteiger partial charge >= 0.3 is 11.9 Å². The number of carboxylic acid groups (broad SMARTS) is 1. The van der Waals surface area contributed by atoms with Crippen molar-refractivity contribution in [3.8, 4) is 0 Å². The Bertz CT molecular complexity index is 157. The predicted octanol–water partition coefficient (Wildman–Crippen LogP) is -0.778. The fourth-order valence-electron chi connectivity index (χ4n) is 0.568. The number of esters is 1. The molecule has 64 valence electrons. The van der Waals surface area contributed by atoms with Gasteiger partial charge in [0, 0.05) is 0 Å². The summed E-state index contributed by atoms with van der Waals surface area (Å²) in [5.74, 6) is -1.99. The second-order valence-corrected chi connectivity index (χ2v) is 1.81. The predicted molar refractivity (Wildman–Crippen MR) is 37.1 cm³/mol. The quantitative estimate of drug-likeness (QED) is 0.418. The number of carbonyl (C=O) groups is 2. The smallest absolute Gasteiger partial charge is 0.334 e. The van der Waals surface area contributed by atoms with E-state index in [2.05, 4.69) is 10.1 Å². The monoisotopic (exact) mass is 161 g/mol. The molecule has 0 aliphatic rings. The first-order valence-corrected chi connectivity index (χ1v) is 3.20. The molecule has 0 bridgehead atoms. The molecule has 0 radical (unpaired) electrons. The van der Waals surface area contributed by atoms with Gasteiger partial charge in [0.25, 0.3) is 0 Å². The van der Waals surface area contributed by atoms with E-state index in [0.717, 1.165) is 0 Å². The van der Waals surface area contributed by atoms with Gasteiger partial charge in [0.05, 0.1) is 6.61 Å². The summed E-state index contributed by atoms with van der Waals surface area (Å²) in [7, 11) is 1.38. The van der Waals surface area contributed by atoms with Crippen LogP contribution in [-0.4, -0.2) is 36.7 Å². The first-order valence-electron chi connectivity index (χ1n) is 3.20. The van der Waals surface area contributed by atoms with E-state index in [0.29, 0.717) is 0 Å². The molecule has 0 rings (SSSR count). The van der Waals surface area contributed by atoms with Crippen LogP contribution in [0.3, 0.4) is 0 Å². The maximum absolute atomic E-state index is 10.8.